The molecule has 0 heterocycles. The minimum Gasteiger partial charge on any atom is -0.497 e. The smallest absolute Gasteiger partial charge is 0.139 e. The first kappa shape index (κ1) is 14.6. The summed E-state index contributed by atoms with van der Waals surface area (Å²) >= 11 is 5.94. The van der Waals surface area contributed by atoms with Crippen molar-refractivity contribution >= 4 is 11.6 Å². The molecular formula is C15H15ClFNO2. The van der Waals surface area contributed by atoms with Gasteiger partial charge in [0, 0.05) is 6.54 Å². The van der Waals surface area contributed by atoms with Crippen LogP contribution in [0.25, 0.3) is 0 Å². The van der Waals surface area contributed by atoms with E-state index >= 15 is 0 Å². The van der Waals surface area contributed by atoms with E-state index in [0.717, 1.165) is 11.3 Å². The van der Waals surface area contributed by atoms with Crippen LogP contribution in [0.5, 0.6) is 11.5 Å². The van der Waals surface area contributed by atoms with Crippen LogP contribution in [0.15, 0.2) is 42.5 Å². The van der Waals surface area contributed by atoms with Gasteiger partial charge in [-0.15, -0.1) is 0 Å². The van der Waals surface area contributed by atoms with Gasteiger partial charge in [0.2, 0.25) is 0 Å². The Bertz CT molecular complexity index is 575. The average Bonchev–Trinajstić information content (AvgIpc) is 2.47. The van der Waals surface area contributed by atoms with Crippen LogP contribution in [-0.2, 0) is 0 Å². The third kappa shape index (κ3) is 3.40. The van der Waals surface area contributed by atoms with Crippen LogP contribution in [0.2, 0.25) is 5.02 Å². The Labute approximate surface area is 122 Å². The van der Waals surface area contributed by atoms with Gasteiger partial charge >= 0.3 is 0 Å². The fourth-order valence-corrected chi connectivity index (χ4v) is 2.01. The van der Waals surface area contributed by atoms with Crippen molar-refractivity contribution in [3.63, 3.8) is 0 Å². The first-order chi connectivity index (χ1) is 9.63. The molecule has 1 atom stereocenters. The first-order valence-corrected chi connectivity index (χ1v) is 6.47. The summed E-state index contributed by atoms with van der Waals surface area (Å²) in [6.07, 6.45) is -0.358. The van der Waals surface area contributed by atoms with Gasteiger partial charge in [0.15, 0.2) is 0 Å². The van der Waals surface area contributed by atoms with Crippen molar-refractivity contribution in [1.29, 1.82) is 0 Å². The normalized spacial score (nSPS) is 12.0. The van der Waals surface area contributed by atoms with Gasteiger partial charge in [0.1, 0.15) is 23.4 Å². The molecule has 5 heteroatoms. The molecule has 20 heavy (non-hydrogen) atoms. The SMILES string of the molecule is COc1ccc(C(CN)Oc2ccc(F)cc2Cl)cc1. The highest BCUT2D eigenvalue weighted by Gasteiger charge is 2.14. The van der Waals surface area contributed by atoms with Crippen molar-refractivity contribution in [3.8, 4) is 11.5 Å². The number of hydrogen-bond donors (Lipinski definition) is 1. The highest BCUT2D eigenvalue weighted by molar-refractivity contribution is 6.32. The predicted molar refractivity (Wildman–Crippen MR) is 76.8 cm³/mol. The molecule has 0 amide bonds. The number of methoxy groups -OCH3 is 1. The predicted octanol–water partition coefficient (Wildman–Crippen LogP) is 3.57. The number of benzene rings is 2. The Morgan fingerprint density at radius 3 is 2.45 bits per heavy atom. The number of halogens is 2. The fraction of sp³-hybridized carbons (Fsp3) is 0.200. The van der Waals surface area contributed by atoms with E-state index in [0.29, 0.717) is 5.75 Å². The lowest BCUT2D eigenvalue weighted by Gasteiger charge is -2.19. The van der Waals surface area contributed by atoms with Crippen LogP contribution in [0.1, 0.15) is 11.7 Å². The van der Waals surface area contributed by atoms with Crippen molar-refractivity contribution in [3.05, 3.63) is 58.9 Å². The summed E-state index contributed by atoms with van der Waals surface area (Å²) in [4.78, 5) is 0. The molecule has 2 rings (SSSR count). The maximum absolute atomic E-state index is 13.0. The molecule has 2 aromatic carbocycles. The molecular weight excluding hydrogens is 281 g/mol. The Kier molecular flexibility index (Phi) is 4.82. The van der Waals surface area contributed by atoms with E-state index in [9.17, 15) is 4.39 Å². The molecule has 0 saturated heterocycles. The monoisotopic (exact) mass is 295 g/mol. The third-order valence-corrected chi connectivity index (χ3v) is 3.16. The third-order valence-electron chi connectivity index (χ3n) is 2.86. The molecule has 2 N–H and O–H groups in total. The summed E-state index contributed by atoms with van der Waals surface area (Å²) in [6.45, 7) is 0.278. The second-order valence-electron chi connectivity index (χ2n) is 4.19. The summed E-state index contributed by atoms with van der Waals surface area (Å²) in [5.74, 6) is 0.750. The molecule has 106 valence electrons. The van der Waals surface area contributed by atoms with Gasteiger partial charge < -0.3 is 15.2 Å². The zero-order valence-corrected chi connectivity index (χ0v) is 11.7. The van der Waals surface area contributed by atoms with Crippen molar-refractivity contribution < 1.29 is 13.9 Å². The summed E-state index contributed by atoms with van der Waals surface area (Å²) < 4.78 is 23.8. The van der Waals surface area contributed by atoms with E-state index in [-0.39, 0.29) is 17.7 Å². The molecule has 0 bridgehead atoms. The zero-order valence-electron chi connectivity index (χ0n) is 11.0. The highest BCUT2D eigenvalue weighted by Crippen LogP contribution is 2.29. The Hall–Kier alpha value is -1.78. The van der Waals surface area contributed by atoms with E-state index in [2.05, 4.69) is 0 Å². The quantitative estimate of drug-likeness (QED) is 0.917. The molecule has 1 unspecified atom stereocenters. The second kappa shape index (κ2) is 6.59. The first-order valence-electron chi connectivity index (χ1n) is 6.09. The number of nitrogens with two attached hydrogens (primary N) is 1. The zero-order chi connectivity index (χ0) is 14.5. The van der Waals surface area contributed by atoms with Crippen LogP contribution in [0, 0.1) is 5.82 Å². The summed E-state index contributed by atoms with van der Waals surface area (Å²) in [7, 11) is 1.60. The molecule has 0 aromatic heterocycles. The summed E-state index contributed by atoms with van der Waals surface area (Å²) in [6, 6.07) is 11.4. The largest absolute Gasteiger partial charge is 0.497 e. The molecule has 2 aromatic rings. The molecule has 0 spiro atoms. The minimum absolute atomic E-state index is 0.219. The van der Waals surface area contributed by atoms with Crippen LogP contribution < -0.4 is 15.2 Å². The Balaban J connectivity index is 2.19. The Morgan fingerprint density at radius 2 is 1.90 bits per heavy atom. The molecule has 0 saturated carbocycles. The number of ether oxygens (including phenoxy) is 2. The summed E-state index contributed by atoms with van der Waals surface area (Å²) in [5.41, 5.74) is 6.63. The van der Waals surface area contributed by atoms with Gasteiger partial charge in [0.05, 0.1) is 12.1 Å². The van der Waals surface area contributed by atoms with Gasteiger partial charge in [-0.3, -0.25) is 0 Å². The van der Waals surface area contributed by atoms with E-state index in [4.69, 9.17) is 26.8 Å². The number of hydrogen-bond acceptors (Lipinski definition) is 3. The highest BCUT2D eigenvalue weighted by atomic mass is 35.5. The van der Waals surface area contributed by atoms with Crippen molar-refractivity contribution in [2.24, 2.45) is 5.73 Å². The molecule has 3 nitrogen and oxygen atoms in total. The minimum atomic E-state index is -0.406. The molecule has 0 aliphatic heterocycles. The second-order valence-corrected chi connectivity index (χ2v) is 4.60. The molecule has 0 aliphatic rings. The average molecular weight is 296 g/mol. The van der Waals surface area contributed by atoms with Crippen LogP contribution in [0.4, 0.5) is 4.39 Å². The van der Waals surface area contributed by atoms with Crippen LogP contribution in [0.3, 0.4) is 0 Å². The van der Waals surface area contributed by atoms with E-state index in [1.54, 1.807) is 7.11 Å². The van der Waals surface area contributed by atoms with E-state index in [1.165, 1.54) is 18.2 Å². The van der Waals surface area contributed by atoms with Gasteiger partial charge in [-0.25, -0.2) is 4.39 Å². The fourth-order valence-electron chi connectivity index (χ4n) is 1.79. The topological polar surface area (TPSA) is 44.5 Å². The Morgan fingerprint density at radius 1 is 1.20 bits per heavy atom. The van der Waals surface area contributed by atoms with Crippen LogP contribution >= 0.6 is 11.6 Å². The summed E-state index contributed by atoms with van der Waals surface area (Å²) in [5, 5.41) is 0.219. The van der Waals surface area contributed by atoms with Crippen molar-refractivity contribution in [1.82, 2.24) is 0 Å². The van der Waals surface area contributed by atoms with E-state index < -0.39 is 5.82 Å². The van der Waals surface area contributed by atoms with Crippen molar-refractivity contribution in [2.75, 3.05) is 13.7 Å². The molecule has 0 radical (unpaired) electrons. The van der Waals surface area contributed by atoms with Crippen molar-refractivity contribution in [2.45, 2.75) is 6.10 Å². The molecule has 0 fully saturated rings. The van der Waals surface area contributed by atoms with Gasteiger partial charge in [-0.05, 0) is 35.9 Å². The van der Waals surface area contributed by atoms with Gasteiger partial charge in [-0.1, -0.05) is 23.7 Å². The lowest BCUT2D eigenvalue weighted by atomic mass is 10.1. The van der Waals surface area contributed by atoms with E-state index in [1.807, 2.05) is 24.3 Å². The van der Waals surface area contributed by atoms with Gasteiger partial charge in [0.25, 0.3) is 0 Å². The lowest BCUT2D eigenvalue weighted by Crippen LogP contribution is -2.18. The lowest BCUT2D eigenvalue weighted by molar-refractivity contribution is 0.214. The maximum atomic E-state index is 13.0. The standard InChI is InChI=1S/C15H15ClFNO2/c1-19-12-5-2-10(3-6-12)15(9-18)20-14-7-4-11(17)8-13(14)16/h2-8,15H,9,18H2,1H3. The molecule has 0 aliphatic carbocycles. The van der Waals surface area contributed by atoms with Gasteiger partial charge in [-0.2, -0.15) is 0 Å². The number of rotatable bonds is 5. The maximum Gasteiger partial charge on any atom is 0.139 e. The van der Waals surface area contributed by atoms with Crippen LogP contribution in [-0.4, -0.2) is 13.7 Å².